The van der Waals surface area contributed by atoms with Crippen molar-refractivity contribution in [2.24, 2.45) is 0 Å². The number of halogens is 3. The van der Waals surface area contributed by atoms with Crippen molar-refractivity contribution < 1.29 is 27.4 Å². The Hall–Kier alpha value is -2.52. The second-order valence-electron chi connectivity index (χ2n) is 8.18. The van der Waals surface area contributed by atoms with Crippen LogP contribution in [0.5, 0.6) is 5.75 Å². The van der Waals surface area contributed by atoms with E-state index in [2.05, 4.69) is 11.1 Å². The molecular formula is C25H24F3NO3S2. The van der Waals surface area contributed by atoms with Gasteiger partial charge in [0, 0.05) is 21.1 Å². The van der Waals surface area contributed by atoms with Crippen molar-refractivity contribution in [3.63, 3.8) is 0 Å². The van der Waals surface area contributed by atoms with E-state index >= 15 is 0 Å². The van der Waals surface area contributed by atoms with E-state index in [1.165, 1.54) is 30.6 Å². The van der Waals surface area contributed by atoms with Gasteiger partial charge in [0.05, 0.1) is 24.8 Å². The third-order valence-corrected chi connectivity index (χ3v) is 8.29. The molecule has 0 bridgehead atoms. The Morgan fingerprint density at radius 1 is 1.24 bits per heavy atom. The van der Waals surface area contributed by atoms with Gasteiger partial charge in [0.1, 0.15) is 16.9 Å². The summed E-state index contributed by atoms with van der Waals surface area (Å²) in [5, 5.41) is 0.717. The molecule has 1 aliphatic rings. The smallest absolute Gasteiger partial charge is 0.416 e. The fraction of sp³-hybridized carbons (Fsp3) is 0.360. The zero-order valence-corrected chi connectivity index (χ0v) is 20.6. The van der Waals surface area contributed by atoms with Gasteiger partial charge in [0.25, 0.3) is 0 Å². The zero-order chi connectivity index (χ0) is 24.5. The number of ether oxygens (including phenoxy) is 2. The van der Waals surface area contributed by atoms with E-state index in [1.807, 2.05) is 19.9 Å². The molecule has 1 unspecified atom stereocenters. The fourth-order valence-electron chi connectivity index (χ4n) is 3.76. The summed E-state index contributed by atoms with van der Waals surface area (Å²) in [6.07, 6.45) is -2.67. The van der Waals surface area contributed by atoms with E-state index in [-0.39, 0.29) is 18.5 Å². The normalized spacial score (nSPS) is 15.5. The molecule has 0 saturated heterocycles. The largest absolute Gasteiger partial charge is 0.490 e. The van der Waals surface area contributed by atoms with Gasteiger partial charge in [0.15, 0.2) is 0 Å². The lowest BCUT2D eigenvalue weighted by Gasteiger charge is -2.26. The van der Waals surface area contributed by atoms with Crippen molar-refractivity contribution >= 4 is 29.1 Å². The molecule has 0 saturated carbocycles. The predicted molar refractivity (Wildman–Crippen MR) is 127 cm³/mol. The standard InChI is InChI=1S/C25H24F3NO3S2/c1-14-10-20-17(6-9-19(32-20)12-23(30)31-3)11-21(14)33-13-22-15(2)29-24(34-22)16-4-7-18(8-5-16)25(26,27)28/h4-5,7-8,10-11,19H,6,9,12-13H2,1-3H3. The highest BCUT2D eigenvalue weighted by Gasteiger charge is 2.30. The number of aryl methyl sites for hydroxylation is 3. The van der Waals surface area contributed by atoms with E-state index in [0.717, 1.165) is 63.1 Å². The molecule has 3 aromatic rings. The van der Waals surface area contributed by atoms with E-state index in [1.54, 1.807) is 11.8 Å². The first kappa shape index (κ1) is 24.6. The quantitative estimate of drug-likeness (QED) is 0.266. The maximum absolute atomic E-state index is 12.8. The lowest BCUT2D eigenvalue weighted by atomic mass is 9.99. The molecular weight excluding hydrogens is 483 g/mol. The number of nitrogens with zero attached hydrogens (tertiary/aromatic N) is 1. The van der Waals surface area contributed by atoms with Crippen LogP contribution < -0.4 is 4.74 Å². The monoisotopic (exact) mass is 507 g/mol. The number of thiazole rings is 1. The Balaban J connectivity index is 1.44. The number of rotatable bonds is 6. The van der Waals surface area contributed by atoms with E-state index in [4.69, 9.17) is 9.47 Å². The first-order valence-electron chi connectivity index (χ1n) is 10.8. The van der Waals surface area contributed by atoms with E-state index in [0.29, 0.717) is 10.6 Å². The van der Waals surface area contributed by atoms with Gasteiger partial charge in [-0.3, -0.25) is 4.79 Å². The van der Waals surface area contributed by atoms with Crippen molar-refractivity contribution in [3.8, 4) is 16.3 Å². The minimum Gasteiger partial charge on any atom is -0.490 e. The number of methoxy groups -OCH3 is 1. The summed E-state index contributed by atoms with van der Waals surface area (Å²) in [7, 11) is 1.38. The maximum Gasteiger partial charge on any atom is 0.416 e. The first-order chi connectivity index (χ1) is 16.1. The average molecular weight is 508 g/mol. The van der Waals surface area contributed by atoms with Gasteiger partial charge in [-0.05, 0) is 62.1 Å². The van der Waals surface area contributed by atoms with Crippen LogP contribution in [0.2, 0.25) is 0 Å². The highest BCUT2D eigenvalue weighted by atomic mass is 32.2. The highest BCUT2D eigenvalue weighted by Crippen LogP contribution is 2.38. The molecule has 0 radical (unpaired) electrons. The van der Waals surface area contributed by atoms with E-state index < -0.39 is 11.7 Å². The van der Waals surface area contributed by atoms with Crippen LogP contribution in [-0.4, -0.2) is 24.2 Å². The van der Waals surface area contributed by atoms with Crippen LogP contribution in [0.3, 0.4) is 0 Å². The number of aromatic nitrogens is 1. The lowest BCUT2D eigenvalue weighted by Crippen LogP contribution is -2.26. The Bertz CT molecular complexity index is 1190. The summed E-state index contributed by atoms with van der Waals surface area (Å²) in [6.45, 7) is 3.96. The molecule has 1 atom stereocenters. The minimum atomic E-state index is -4.35. The van der Waals surface area contributed by atoms with Gasteiger partial charge in [-0.2, -0.15) is 13.2 Å². The molecule has 0 amide bonds. The number of hydrogen-bond acceptors (Lipinski definition) is 6. The summed E-state index contributed by atoms with van der Waals surface area (Å²) in [4.78, 5) is 18.4. The summed E-state index contributed by atoms with van der Waals surface area (Å²) in [5.74, 6) is 1.27. The number of carbonyl (C=O) groups excluding carboxylic acids is 1. The van der Waals surface area contributed by atoms with Crippen molar-refractivity contribution in [2.45, 2.75) is 56.0 Å². The number of fused-ring (bicyclic) bond motifs is 1. The number of benzene rings is 2. The molecule has 180 valence electrons. The van der Waals surface area contributed by atoms with Crippen LogP contribution in [0.1, 0.15) is 40.1 Å². The number of carbonyl (C=O) groups is 1. The fourth-order valence-corrected chi connectivity index (χ4v) is 6.05. The second-order valence-corrected chi connectivity index (χ2v) is 10.3. The SMILES string of the molecule is COC(=O)CC1CCc2cc(SCc3sc(-c4ccc(C(F)(F)F)cc4)nc3C)c(C)cc2O1. The maximum atomic E-state index is 12.8. The second kappa shape index (κ2) is 10.00. The van der Waals surface area contributed by atoms with Gasteiger partial charge in [-0.1, -0.05) is 12.1 Å². The average Bonchev–Trinajstić information content (AvgIpc) is 3.17. The molecule has 4 nitrogen and oxygen atoms in total. The van der Waals surface area contributed by atoms with Gasteiger partial charge in [0.2, 0.25) is 0 Å². The summed E-state index contributed by atoms with van der Waals surface area (Å²) in [5.41, 5.74) is 3.12. The Labute approximate surface area is 204 Å². The number of hydrogen-bond donors (Lipinski definition) is 0. The summed E-state index contributed by atoms with van der Waals surface area (Å²) in [6, 6.07) is 9.30. The summed E-state index contributed by atoms with van der Waals surface area (Å²) >= 11 is 3.21. The van der Waals surface area contributed by atoms with Gasteiger partial charge < -0.3 is 9.47 Å². The van der Waals surface area contributed by atoms with E-state index in [9.17, 15) is 18.0 Å². The van der Waals surface area contributed by atoms with Crippen LogP contribution in [-0.2, 0) is 27.9 Å². The summed E-state index contributed by atoms with van der Waals surface area (Å²) < 4.78 is 49.3. The number of alkyl halides is 3. The molecule has 1 aromatic heterocycles. The van der Waals surface area contributed by atoms with Gasteiger partial charge in [-0.15, -0.1) is 23.1 Å². The molecule has 9 heteroatoms. The Kier molecular flexibility index (Phi) is 7.23. The molecule has 0 aliphatic carbocycles. The van der Waals surface area contributed by atoms with Crippen molar-refractivity contribution in [1.29, 1.82) is 0 Å². The minimum absolute atomic E-state index is 0.165. The van der Waals surface area contributed by atoms with Gasteiger partial charge >= 0.3 is 12.1 Å². The molecule has 2 aromatic carbocycles. The molecule has 0 N–H and O–H groups in total. The molecule has 34 heavy (non-hydrogen) atoms. The zero-order valence-electron chi connectivity index (χ0n) is 19.0. The van der Waals surface area contributed by atoms with Crippen LogP contribution in [0.25, 0.3) is 10.6 Å². The third-order valence-electron chi connectivity index (χ3n) is 5.72. The number of thioether (sulfide) groups is 1. The van der Waals surface area contributed by atoms with Crippen molar-refractivity contribution in [1.82, 2.24) is 4.98 Å². The number of esters is 1. The van der Waals surface area contributed by atoms with Gasteiger partial charge in [-0.25, -0.2) is 4.98 Å². The van der Waals surface area contributed by atoms with Crippen LogP contribution >= 0.6 is 23.1 Å². The topological polar surface area (TPSA) is 48.4 Å². The first-order valence-corrected chi connectivity index (χ1v) is 12.6. The lowest BCUT2D eigenvalue weighted by molar-refractivity contribution is -0.142. The molecule has 1 aliphatic heterocycles. The predicted octanol–water partition coefficient (Wildman–Crippen LogP) is 6.99. The van der Waals surface area contributed by atoms with Crippen LogP contribution in [0, 0.1) is 13.8 Å². The third kappa shape index (κ3) is 5.58. The molecule has 2 heterocycles. The van der Waals surface area contributed by atoms with Crippen molar-refractivity contribution in [3.05, 3.63) is 63.7 Å². The van der Waals surface area contributed by atoms with Crippen molar-refractivity contribution in [2.75, 3.05) is 7.11 Å². The van der Waals surface area contributed by atoms with Crippen LogP contribution in [0.15, 0.2) is 41.3 Å². The molecule has 0 fully saturated rings. The Morgan fingerprint density at radius 2 is 1.97 bits per heavy atom. The van der Waals surface area contributed by atoms with Crippen LogP contribution in [0.4, 0.5) is 13.2 Å². The highest BCUT2D eigenvalue weighted by molar-refractivity contribution is 7.98. The Morgan fingerprint density at radius 3 is 2.65 bits per heavy atom. The molecule has 0 spiro atoms. The molecule has 4 rings (SSSR count).